The van der Waals surface area contributed by atoms with Crippen LogP contribution in [-0.4, -0.2) is 38.5 Å². The quantitative estimate of drug-likeness (QED) is 0.0347. The van der Waals surface area contributed by atoms with Crippen LogP contribution in [0, 0.1) is 0 Å². The van der Waals surface area contributed by atoms with Crippen molar-refractivity contribution in [3.05, 3.63) is 72.9 Å². The topological polar surface area (TPSA) is 44.8 Å². The maximum absolute atomic E-state index is 12.6. The van der Waals surface area contributed by atoms with E-state index < -0.39 is 0 Å². The lowest BCUT2D eigenvalue weighted by molar-refractivity contribution is -0.150. The molecule has 1 unspecified atom stereocenters. The summed E-state index contributed by atoms with van der Waals surface area (Å²) in [6, 6.07) is 0. The van der Waals surface area contributed by atoms with Crippen molar-refractivity contribution in [1.29, 1.82) is 0 Å². The summed E-state index contributed by atoms with van der Waals surface area (Å²) in [4.78, 5) is 12.6. The molecule has 0 spiro atoms. The second-order valence-corrected chi connectivity index (χ2v) is 17.4. The number of hydrogen-bond acceptors (Lipinski definition) is 4. The maximum Gasteiger partial charge on any atom is 0.305 e. The molecule has 0 rings (SSSR count). The standard InChI is InChI=1S/C57H102O4/c1-4-7-10-13-16-19-22-25-28-31-34-37-40-43-46-49-52-59-54-56(60-53-50-47-44-41-38-35-32-29-26-23-20-17-14-11-8-5-2)55-61-57(58)51-48-45-42-39-36-33-30-27-24-21-18-15-12-9-6-3/h9,12,17-18,20-21,25-30,56H,4-8,10-11,13-16,19,22-24,31-55H2,1-3H3/b12-9-,20-17-,21-18-,28-25-,29-26-,30-27-. The van der Waals surface area contributed by atoms with Gasteiger partial charge in [-0.05, 0) is 109 Å². The summed E-state index contributed by atoms with van der Waals surface area (Å²) >= 11 is 0. The zero-order valence-electron chi connectivity index (χ0n) is 40.9. The first-order valence-electron chi connectivity index (χ1n) is 26.5. The Morgan fingerprint density at radius 1 is 0.377 bits per heavy atom. The van der Waals surface area contributed by atoms with E-state index >= 15 is 0 Å². The molecule has 0 radical (unpaired) electrons. The van der Waals surface area contributed by atoms with Crippen LogP contribution in [0.2, 0.25) is 0 Å². The van der Waals surface area contributed by atoms with Crippen molar-refractivity contribution < 1.29 is 19.0 Å². The molecule has 0 aromatic heterocycles. The van der Waals surface area contributed by atoms with Gasteiger partial charge in [-0.25, -0.2) is 0 Å². The molecular weight excluding hydrogens is 749 g/mol. The second-order valence-electron chi connectivity index (χ2n) is 17.4. The van der Waals surface area contributed by atoms with E-state index in [9.17, 15) is 4.79 Å². The maximum atomic E-state index is 12.6. The summed E-state index contributed by atoms with van der Waals surface area (Å²) < 4.78 is 18.0. The molecule has 0 heterocycles. The monoisotopic (exact) mass is 851 g/mol. The van der Waals surface area contributed by atoms with Gasteiger partial charge in [-0.3, -0.25) is 4.79 Å². The normalized spacial score (nSPS) is 12.9. The number of hydrogen-bond donors (Lipinski definition) is 0. The average molecular weight is 851 g/mol. The number of carbonyl (C=O) groups is 1. The van der Waals surface area contributed by atoms with Gasteiger partial charge in [0.25, 0.3) is 0 Å². The van der Waals surface area contributed by atoms with Crippen LogP contribution in [-0.2, 0) is 19.0 Å². The fourth-order valence-electron chi connectivity index (χ4n) is 7.30. The molecule has 0 amide bonds. The summed E-state index contributed by atoms with van der Waals surface area (Å²) in [5.41, 5.74) is 0. The van der Waals surface area contributed by atoms with Crippen molar-refractivity contribution >= 4 is 5.97 Å². The molecule has 0 aliphatic heterocycles. The summed E-state index contributed by atoms with van der Waals surface area (Å²) in [5, 5.41) is 0. The zero-order valence-corrected chi connectivity index (χ0v) is 40.9. The van der Waals surface area contributed by atoms with Gasteiger partial charge in [-0.2, -0.15) is 0 Å². The summed E-state index contributed by atoms with van der Waals surface area (Å²) in [6.07, 6.45) is 71.0. The molecule has 0 fully saturated rings. The van der Waals surface area contributed by atoms with Crippen molar-refractivity contribution in [3.8, 4) is 0 Å². The Labute approximate surface area is 381 Å². The van der Waals surface area contributed by atoms with E-state index in [1.54, 1.807) is 0 Å². The molecule has 0 aliphatic carbocycles. The molecular formula is C57H102O4. The van der Waals surface area contributed by atoms with Gasteiger partial charge >= 0.3 is 5.97 Å². The van der Waals surface area contributed by atoms with E-state index in [-0.39, 0.29) is 12.1 Å². The Hall–Kier alpha value is -2.17. The van der Waals surface area contributed by atoms with E-state index in [0.29, 0.717) is 26.2 Å². The molecule has 0 aromatic carbocycles. The number of ether oxygens (including phenoxy) is 3. The number of esters is 1. The van der Waals surface area contributed by atoms with Crippen LogP contribution in [0.25, 0.3) is 0 Å². The summed E-state index contributed by atoms with van der Waals surface area (Å²) in [6.45, 7) is 8.97. The predicted octanol–water partition coefficient (Wildman–Crippen LogP) is 18.4. The van der Waals surface area contributed by atoms with Crippen LogP contribution in [0.15, 0.2) is 72.9 Å². The Bertz CT molecular complexity index is 1040. The first-order valence-corrected chi connectivity index (χ1v) is 26.5. The van der Waals surface area contributed by atoms with Gasteiger partial charge in [0, 0.05) is 19.6 Å². The van der Waals surface area contributed by atoms with Crippen LogP contribution in [0.1, 0.15) is 252 Å². The minimum Gasteiger partial charge on any atom is -0.463 e. The highest BCUT2D eigenvalue weighted by atomic mass is 16.6. The second kappa shape index (κ2) is 54.0. The third-order valence-electron chi connectivity index (χ3n) is 11.3. The minimum atomic E-state index is -0.183. The molecule has 0 bridgehead atoms. The van der Waals surface area contributed by atoms with Crippen LogP contribution in [0.4, 0.5) is 0 Å². The zero-order chi connectivity index (χ0) is 44.0. The lowest BCUT2D eigenvalue weighted by Crippen LogP contribution is -2.28. The fourth-order valence-corrected chi connectivity index (χ4v) is 7.30. The molecule has 1 atom stereocenters. The smallest absolute Gasteiger partial charge is 0.305 e. The third-order valence-corrected chi connectivity index (χ3v) is 11.3. The highest BCUT2D eigenvalue weighted by Crippen LogP contribution is 2.13. The summed E-state index contributed by atoms with van der Waals surface area (Å²) in [7, 11) is 0. The third kappa shape index (κ3) is 52.1. The Morgan fingerprint density at radius 3 is 1.23 bits per heavy atom. The largest absolute Gasteiger partial charge is 0.463 e. The lowest BCUT2D eigenvalue weighted by Gasteiger charge is -2.18. The molecule has 4 heteroatoms. The van der Waals surface area contributed by atoms with Crippen LogP contribution in [0.3, 0.4) is 0 Å². The predicted molar refractivity (Wildman–Crippen MR) is 270 cm³/mol. The SMILES string of the molecule is CC/C=C\C/C=C\C/C=C\CCCCCCCC(=O)OCC(COCCCCCCCC/C=C\CCCCCCCC)OCCCCCCCC/C=C\C/C=C\CCCCC. The van der Waals surface area contributed by atoms with Gasteiger partial charge in [0.2, 0.25) is 0 Å². The number of unbranched alkanes of at least 4 members (excludes halogenated alkanes) is 26. The van der Waals surface area contributed by atoms with E-state index in [0.717, 1.165) is 64.4 Å². The molecule has 0 saturated carbocycles. The minimum absolute atomic E-state index is 0.100. The number of allylic oxidation sites excluding steroid dienone is 12. The molecule has 0 aromatic rings. The molecule has 61 heavy (non-hydrogen) atoms. The van der Waals surface area contributed by atoms with Crippen molar-refractivity contribution in [1.82, 2.24) is 0 Å². The fraction of sp³-hybridized carbons (Fsp3) is 0.772. The van der Waals surface area contributed by atoms with E-state index in [1.165, 1.54) is 167 Å². The van der Waals surface area contributed by atoms with Gasteiger partial charge in [-0.15, -0.1) is 0 Å². The Balaban J connectivity index is 4.21. The Kier molecular flexibility index (Phi) is 52.0. The van der Waals surface area contributed by atoms with Crippen molar-refractivity contribution in [3.63, 3.8) is 0 Å². The molecule has 4 nitrogen and oxygen atoms in total. The van der Waals surface area contributed by atoms with Gasteiger partial charge in [0.15, 0.2) is 0 Å². The molecule has 354 valence electrons. The van der Waals surface area contributed by atoms with Gasteiger partial charge in [0.1, 0.15) is 12.7 Å². The number of carbonyl (C=O) groups excluding carboxylic acids is 1. The number of rotatable bonds is 49. The molecule has 0 aliphatic rings. The van der Waals surface area contributed by atoms with Crippen molar-refractivity contribution in [2.45, 2.75) is 258 Å². The summed E-state index contributed by atoms with van der Waals surface area (Å²) in [5.74, 6) is -0.100. The first-order chi connectivity index (χ1) is 30.2. The van der Waals surface area contributed by atoms with E-state index in [2.05, 4.69) is 93.7 Å². The van der Waals surface area contributed by atoms with E-state index in [1.807, 2.05) is 0 Å². The van der Waals surface area contributed by atoms with Crippen LogP contribution in [0.5, 0.6) is 0 Å². The highest BCUT2D eigenvalue weighted by Gasteiger charge is 2.13. The van der Waals surface area contributed by atoms with Crippen LogP contribution >= 0.6 is 0 Å². The van der Waals surface area contributed by atoms with Crippen molar-refractivity contribution in [2.24, 2.45) is 0 Å². The van der Waals surface area contributed by atoms with Crippen molar-refractivity contribution in [2.75, 3.05) is 26.4 Å². The lowest BCUT2D eigenvalue weighted by atomic mass is 10.1. The molecule has 0 saturated heterocycles. The highest BCUT2D eigenvalue weighted by molar-refractivity contribution is 5.69. The van der Waals surface area contributed by atoms with Crippen LogP contribution < -0.4 is 0 Å². The Morgan fingerprint density at radius 2 is 0.738 bits per heavy atom. The van der Waals surface area contributed by atoms with E-state index in [4.69, 9.17) is 14.2 Å². The van der Waals surface area contributed by atoms with Gasteiger partial charge < -0.3 is 14.2 Å². The van der Waals surface area contributed by atoms with Gasteiger partial charge in [-0.1, -0.05) is 209 Å². The average Bonchev–Trinajstić information content (AvgIpc) is 3.27. The van der Waals surface area contributed by atoms with Gasteiger partial charge in [0.05, 0.1) is 6.61 Å². The first kappa shape index (κ1) is 58.8. The molecule has 0 N–H and O–H groups in total.